The molecule has 1 atom stereocenters. The molecule has 4 nitrogen and oxygen atoms in total. The van der Waals surface area contributed by atoms with Crippen LogP contribution in [0.4, 0.5) is 5.88 Å². The Morgan fingerprint density at radius 3 is 3.00 bits per heavy atom. The molecule has 0 amide bonds. The summed E-state index contributed by atoms with van der Waals surface area (Å²) < 4.78 is 10.2. The smallest absolute Gasteiger partial charge is 0.225 e. The molecule has 0 aromatic carbocycles. The highest BCUT2D eigenvalue weighted by molar-refractivity contribution is 5.37. The predicted molar refractivity (Wildman–Crippen MR) is 52.9 cm³/mol. The largest absolute Gasteiger partial charge is 0.381 e. The second-order valence-electron chi connectivity index (χ2n) is 3.89. The lowest BCUT2D eigenvalue weighted by Gasteiger charge is -2.04. The highest BCUT2D eigenvalue weighted by Crippen LogP contribution is 2.21. The zero-order chi connectivity index (χ0) is 9.97. The van der Waals surface area contributed by atoms with E-state index in [1.807, 2.05) is 6.92 Å². The molecule has 14 heavy (non-hydrogen) atoms. The maximum atomic E-state index is 5.57. The number of nitrogens with two attached hydrogens (primary N) is 1. The van der Waals surface area contributed by atoms with E-state index in [0.29, 0.717) is 11.8 Å². The van der Waals surface area contributed by atoms with Crippen LogP contribution < -0.4 is 5.73 Å². The molecule has 4 heteroatoms. The van der Waals surface area contributed by atoms with E-state index in [-0.39, 0.29) is 0 Å². The van der Waals surface area contributed by atoms with E-state index in [9.17, 15) is 0 Å². The van der Waals surface area contributed by atoms with Crippen LogP contribution in [0.5, 0.6) is 0 Å². The Labute approximate surface area is 83.4 Å². The van der Waals surface area contributed by atoms with Crippen molar-refractivity contribution in [2.45, 2.75) is 26.2 Å². The first-order valence-corrected chi connectivity index (χ1v) is 5.05. The second kappa shape index (κ2) is 4.00. The van der Waals surface area contributed by atoms with Gasteiger partial charge in [0.2, 0.25) is 5.88 Å². The molecule has 2 heterocycles. The maximum absolute atomic E-state index is 5.57. The third-order valence-corrected chi connectivity index (χ3v) is 2.87. The van der Waals surface area contributed by atoms with E-state index >= 15 is 0 Å². The van der Waals surface area contributed by atoms with Crippen molar-refractivity contribution in [1.29, 1.82) is 0 Å². The van der Waals surface area contributed by atoms with Gasteiger partial charge in [-0.2, -0.15) is 0 Å². The molecule has 0 aliphatic carbocycles. The zero-order valence-corrected chi connectivity index (χ0v) is 8.45. The molecule has 78 valence electrons. The average Bonchev–Trinajstić information content (AvgIpc) is 2.77. The van der Waals surface area contributed by atoms with Gasteiger partial charge in [0.1, 0.15) is 0 Å². The first kappa shape index (κ1) is 9.52. The standard InChI is InChI=1S/C10H16N2O2/c1-7-9(12-14-10(7)11)3-2-8-4-5-13-6-8/h8H,2-6,11H2,1H3. The molecule has 1 aromatic heterocycles. The molecule has 0 spiro atoms. The van der Waals surface area contributed by atoms with E-state index in [2.05, 4.69) is 5.16 Å². The molecular formula is C10H16N2O2. The molecule has 1 fully saturated rings. The zero-order valence-electron chi connectivity index (χ0n) is 8.45. The molecular weight excluding hydrogens is 180 g/mol. The van der Waals surface area contributed by atoms with Crippen LogP contribution in [-0.2, 0) is 11.2 Å². The Morgan fingerprint density at radius 1 is 1.57 bits per heavy atom. The normalized spacial score (nSPS) is 21.6. The molecule has 1 unspecified atom stereocenters. The SMILES string of the molecule is Cc1c(CCC2CCOC2)noc1N. The number of rotatable bonds is 3. The van der Waals surface area contributed by atoms with Crippen LogP contribution in [0, 0.1) is 12.8 Å². The van der Waals surface area contributed by atoms with Gasteiger partial charge >= 0.3 is 0 Å². The van der Waals surface area contributed by atoms with Crippen molar-refractivity contribution in [2.24, 2.45) is 5.92 Å². The molecule has 0 bridgehead atoms. The van der Waals surface area contributed by atoms with Crippen LogP contribution >= 0.6 is 0 Å². The summed E-state index contributed by atoms with van der Waals surface area (Å²) in [5, 5.41) is 3.94. The average molecular weight is 196 g/mol. The second-order valence-corrected chi connectivity index (χ2v) is 3.89. The molecule has 1 saturated heterocycles. The molecule has 0 radical (unpaired) electrons. The lowest BCUT2D eigenvalue weighted by Crippen LogP contribution is -2.02. The number of ether oxygens (including phenoxy) is 1. The summed E-state index contributed by atoms with van der Waals surface area (Å²) in [6, 6.07) is 0. The van der Waals surface area contributed by atoms with Crippen LogP contribution in [0.1, 0.15) is 24.1 Å². The topological polar surface area (TPSA) is 61.3 Å². The number of hydrogen-bond donors (Lipinski definition) is 1. The van der Waals surface area contributed by atoms with Gasteiger partial charge in [-0.05, 0) is 32.1 Å². The monoisotopic (exact) mass is 196 g/mol. The Balaban J connectivity index is 1.88. The van der Waals surface area contributed by atoms with Crippen LogP contribution in [0.15, 0.2) is 4.52 Å². The summed E-state index contributed by atoms with van der Waals surface area (Å²) >= 11 is 0. The van der Waals surface area contributed by atoms with E-state index in [1.54, 1.807) is 0 Å². The van der Waals surface area contributed by atoms with Gasteiger partial charge in [-0.25, -0.2) is 0 Å². The number of hydrogen-bond acceptors (Lipinski definition) is 4. The van der Waals surface area contributed by atoms with Crippen LogP contribution in [0.3, 0.4) is 0 Å². The molecule has 0 saturated carbocycles. The fourth-order valence-corrected chi connectivity index (χ4v) is 1.77. The Morgan fingerprint density at radius 2 is 2.43 bits per heavy atom. The fourth-order valence-electron chi connectivity index (χ4n) is 1.77. The lowest BCUT2D eigenvalue weighted by atomic mass is 10.0. The molecule has 2 N–H and O–H groups in total. The molecule has 1 aliphatic heterocycles. The minimum atomic E-state index is 0.447. The van der Waals surface area contributed by atoms with E-state index in [4.69, 9.17) is 15.0 Å². The van der Waals surface area contributed by atoms with Crippen molar-refractivity contribution in [1.82, 2.24) is 5.16 Å². The van der Waals surface area contributed by atoms with Gasteiger partial charge in [0.25, 0.3) is 0 Å². The summed E-state index contributed by atoms with van der Waals surface area (Å²) in [6.07, 6.45) is 3.24. The van der Waals surface area contributed by atoms with Crippen LogP contribution in [0.25, 0.3) is 0 Å². The molecule has 2 rings (SSSR count). The van der Waals surface area contributed by atoms with Gasteiger partial charge in [-0.1, -0.05) is 5.16 Å². The first-order chi connectivity index (χ1) is 6.77. The summed E-state index contributed by atoms with van der Waals surface area (Å²) in [7, 11) is 0. The number of aryl methyl sites for hydroxylation is 1. The summed E-state index contributed by atoms with van der Waals surface area (Å²) in [5.74, 6) is 1.13. The quantitative estimate of drug-likeness (QED) is 0.796. The van der Waals surface area contributed by atoms with Crippen LogP contribution in [-0.4, -0.2) is 18.4 Å². The third-order valence-electron chi connectivity index (χ3n) is 2.87. The number of nitrogen functional groups attached to an aromatic ring is 1. The molecule has 1 aromatic rings. The Hall–Kier alpha value is -1.03. The van der Waals surface area contributed by atoms with Crippen molar-refractivity contribution >= 4 is 5.88 Å². The van der Waals surface area contributed by atoms with Crippen molar-refractivity contribution in [3.05, 3.63) is 11.3 Å². The van der Waals surface area contributed by atoms with E-state index in [0.717, 1.165) is 37.3 Å². The Kier molecular flexibility index (Phi) is 2.72. The van der Waals surface area contributed by atoms with Crippen molar-refractivity contribution in [3.63, 3.8) is 0 Å². The third kappa shape index (κ3) is 1.90. The maximum Gasteiger partial charge on any atom is 0.225 e. The highest BCUT2D eigenvalue weighted by atomic mass is 16.5. The lowest BCUT2D eigenvalue weighted by molar-refractivity contribution is 0.184. The number of nitrogens with zero attached hydrogens (tertiary/aromatic N) is 1. The predicted octanol–water partition coefficient (Wildman–Crippen LogP) is 1.53. The molecule has 1 aliphatic rings. The van der Waals surface area contributed by atoms with E-state index in [1.165, 1.54) is 6.42 Å². The van der Waals surface area contributed by atoms with Gasteiger partial charge in [-0.15, -0.1) is 0 Å². The number of anilines is 1. The van der Waals surface area contributed by atoms with Gasteiger partial charge in [0, 0.05) is 18.8 Å². The summed E-state index contributed by atoms with van der Waals surface area (Å²) in [5.41, 5.74) is 7.56. The fraction of sp³-hybridized carbons (Fsp3) is 0.700. The minimum Gasteiger partial charge on any atom is -0.381 e. The van der Waals surface area contributed by atoms with Gasteiger partial charge in [0.05, 0.1) is 5.69 Å². The first-order valence-electron chi connectivity index (χ1n) is 5.05. The van der Waals surface area contributed by atoms with Crippen molar-refractivity contribution < 1.29 is 9.26 Å². The van der Waals surface area contributed by atoms with Crippen molar-refractivity contribution in [3.8, 4) is 0 Å². The number of aromatic nitrogens is 1. The van der Waals surface area contributed by atoms with Gasteiger partial charge in [-0.3, -0.25) is 0 Å². The highest BCUT2D eigenvalue weighted by Gasteiger charge is 2.17. The van der Waals surface area contributed by atoms with Crippen LogP contribution in [0.2, 0.25) is 0 Å². The minimum absolute atomic E-state index is 0.447. The van der Waals surface area contributed by atoms with E-state index < -0.39 is 0 Å². The summed E-state index contributed by atoms with van der Waals surface area (Å²) in [4.78, 5) is 0. The van der Waals surface area contributed by atoms with Gasteiger partial charge in [0.15, 0.2) is 0 Å². The van der Waals surface area contributed by atoms with Crippen molar-refractivity contribution in [2.75, 3.05) is 18.9 Å². The van der Waals surface area contributed by atoms with Gasteiger partial charge < -0.3 is 15.0 Å². The Bertz CT molecular complexity index is 303. The summed E-state index contributed by atoms with van der Waals surface area (Å²) in [6.45, 7) is 3.75.